The maximum atomic E-state index is 12.8. The van der Waals surface area contributed by atoms with Crippen LogP contribution in [-0.2, 0) is 14.3 Å². The number of ether oxygens (including phenoxy) is 1. The van der Waals surface area contributed by atoms with E-state index in [0.717, 1.165) is 17.7 Å². The molecule has 1 N–H and O–H groups in total. The number of hydrogen-bond donors (Lipinski definition) is 1. The van der Waals surface area contributed by atoms with Gasteiger partial charge in [-0.25, -0.2) is 4.79 Å². The number of carboxylic acids is 1. The van der Waals surface area contributed by atoms with Gasteiger partial charge in [-0.3, -0.25) is 4.79 Å². The van der Waals surface area contributed by atoms with E-state index in [1.807, 2.05) is 19.1 Å². The lowest BCUT2D eigenvalue weighted by molar-refractivity contribution is -0.316. The Hall–Kier alpha value is -2.15. The Kier molecular flexibility index (Phi) is 4.45. The average molecular weight is 348 g/mol. The molecular weight excluding hydrogens is 330 g/mol. The molecule has 0 aliphatic heterocycles. The highest BCUT2D eigenvalue weighted by Gasteiger charge is 2.45. The van der Waals surface area contributed by atoms with Gasteiger partial charge in [-0.15, -0.1) is 11.3 Å². The van der Waals surface area contributed by atoms with Gasteiger partial charge in [-0.2, -0.15) is 0 Å². The number of methoxy groups -OCH3 is 1. The summed E-state index contributed by atoms with van der Waals surface area (Å²) in [5.74, 6) is -3.87. The summed E-state index contributed by atoms with van der Waals surface area (Å²) in [5, 5.41) is 14.7. The van der Waals surface area contributed by atoms with Crippen molar-refractivity contribution in [2.24, 2.45) is 23.7 Å². The van der Waals surface area contributed by atoms with E-state index < -0.39 is 23.8 Å². The third kappa shape index (κ3) is 2.84. The van der Waals surface area contributed by atoms with Crippen LogP contribution in [-0.4, -0.2) is 25.0 Å². The number of anilines is 1. The molecule has 1 aromatic rings. The summed E-state index contributed by atoms with van der Waals surface area (Å²) in [5.41, 5.74) is 0.287. The lowest BCUT2D eigenvalue weighted by Crippen LogP contribution is -2.51. The first kappa shape index (κ1) is 16.7. The van der Waals surface area contributed by atoms with Crippen LogP contribution in [0.4, 0.5) is 5.00 Å². The van der Waals surface area contributed by atoms with Gasteiger partial charge in [0.1, 0.15) is 5.00 Å². The predicted molar refractivity (Wildman–Crippen MR) is 86.4 cm³/mol. The molecular formula is C17H18NO5S-. The van der Waals surface area contributed by atoms with Gasteiger partial charge in [0.25, 0.3) is 0 Å². The van der Waals surface area contributed by atoms with E-state index in [2.05, 4.69) is 5.32 Å². The Morgan fingerprint density at radius 3 is 2.38 bits per heavy atom. The molecule has 0 radical (unpaired) electrons. The molecule has 0 unspecified atom stereocenters. The van der Waals surface area contributed by atoms with E-state index >= 15 is 0 Å². The Balaban J connectivity index is 1.86. The monoisotopic (exact) mass is 348 g/mol. The lowest BCUT2D eigenvalue weighted by atomic mass is 9.62. The Labute approximate surface area is 143 Å². The highest BCUT2D eigenvalue weighted by Crippen LogP contribution is 2.45. The van der Waals surface area contributed by atoms with Crippen LogP contribution in [0, 0.1) is 30.6 Å². The van der Waals surface area contributed by atoms with Gasteiger partial charge in [0.15, 0.2) is 0 Å². The zero-order chi connectivity index (χ0) is 17.4. The van der Waals surface area contributed by atoms with Crippen molar-refractivity contribution in [3.63, 3.8) is 0 Å². The summed E-state index contributed by atoms with van der Waals surface area (Å²) in [6.45, 7) is 1.82. The molecule has 3 aliphatic rings. The van der Waals surface area contributed by atoms with Crippen LogP contribution in [0.3, 0.4) is 0 Å². The van der Waals surface area contributed by atoms with Gasteiger partial charge in [0, 0.05) is 16.8 Å². The fraction of sp³-hybridized carbons (Fsp3) is 0.471. The fourth-order valence-corrected chi connectivity index (χ4v) is 4.64. The smallest absolute Gasteiger partial charge is 0.340 e. The molecule has 0 spiro atoms. The molecule has 4 rings (SSSR count). The Morgan fingerprint density at radius 1 is 1.21 bits per heavy atom. The molecule has 6 nitrogen and oxygen atoms in total. The fourth-order valence-electron chi connectivity index (χ4n) is 3.74. The van der Waals surface area contributed by atoms with Crippen LogP contribution < -0.4 is 10.4 Å². The summed E-state index contributed by atoms with van der Waals surface area (Å²) < 4.78 is 4.73. The van der Waals surface area contributed by atoms with Crippen molar-refractivity contribution < 1.29 is 24.2 Å². The molecule has 2 bridgehead atoms. The number of carboxylic acid groups (broad SMARTS) is 1. The lowest BCUT2D eigenvalue weighted by Gasteiger charge is -2.44. The van der Waals surface area contributed by atoms with Crippen LogP contribution in [0.25, 0.3) is 0 Å². The molecule has 0 saturated heterocycles. The number of carbonyl (C=O) groups is 3. The molecule has 1 heterocycles. The number of amides is 1. The minimum Gasteiger partial charge on any atom is -0.550 e. The molecule has 1 amide bonds. The van der Waals surface area contributed by atoms with Crippen LogP contribution in [0.5, 0.6) is 0 Å². The molecule has 4 atom stereocenters. The van der Waals surface area contributed by atoms with E-state index in [4.69, 9.17) is 4.74 Å². The molecule has 1 aromatic heterocycles. The summed E-state index contributed by atoms with van der Waals surface area (Å²) in [4.78, 5) is 37.0. The zero-order valence-electron chi connectivity index (χ0n) is 13.4. The minimum absolute atomic E-state index is 0.111. The van der Waals surface area contributed by atoms with E-state index in [1.165, 1.54) is 18.4 Å². The summed E-state index contributed by atoms with van der Waals surface area (Å²) in [6.07, 6.45) is 5.36. The summed E-state index contributed by atoms with van der Waals surface area (Å²) >= 11 is 1.27. The number of fused-ring (bicyclic) bond motifs is 2. The van der Waals surface area contributed by atoms with Crippen molar-refractivity contribution in [3.8, 4) is 0 Å². The van der Waals surface area contributed by atoms with Gasteiger partial charge in [0.2, 0.25) is 5.91 Å². The largest absolute Gasteiger partial charge is 0.550 e. The summed E-state index contributed by atoms with van der Waals surface area (Å²) in [7, 11) is 1.28. The van der Waals surface area contributed by atoms with Crippen molar-refractivity contribution in [3.05, 3.63) is 28.7 Å². The van der Waals surface area contributed by atoms with E-state index in [0.29, 0.717) is 5.00 Å². The Bertz CT molecular complexity index is 723. The van der Waals surface area contributed by atoms with Crippen molar-refractivity contribution >= 4 is 34.2 Å². The second kappa shape index (κ2) is 6.39. The van der Waals surface area contributed by atoms with Crippen molar-refractivity contribution in [2.45, 2.75) is 19.8 Å². The van der Waals surface area contributed by atoms with Gasteiger partial charge < -0.3 is 20.0 Å². The molecule has 24 heavy (non-hydrogen) atoms. The number of allylic oxidation sites excluding steroid dienone is 2. The predicted octanol–water partition coefficient (Wildman–Crippen LogP) is 1.36. The number of aryl methyl sites for hydroxylation is 1. The topological polar surface area (TPSA) is 95.5 Å². The number of hydrogen-bond acceptors (Lipinski definition) is 6. The van der Waals surface area contributed by atoms with Gasteiger partial charge in [-0.1, -0.05) is 12.2 Å². The quantitative estimate of drug-likeness (QED) is 0.655. The molecule has 1 saturated carbocycles. The standard InChI is InChI=1S/C17H19NO5S/c1-8-7-11(17(22)23-2)15(24-8)18-14(19)12-9-3-5-10(6-4-9)13(12)16(20)21/h3,5,7,9-10,12-13H,4,6H2,1-2H3,(H,18,19)(H,20,21)/p-1/t9-,10+,12+,13+/m1/s1. The number of rotatable bonds is 4. The van der Waals surface area contributed by atoms with Crippen molar-refractivity contribution in [1.82, 2.24) is 0 Å². The number of carbonyl (C=O) groups excluding carboxylic acids is 3. The summed E-state index contributed by atoms with van der Waals surface area (Å²) in [6, 6.07) is 1.65. The normalized spacial score (nSPS) is 27.8. The highest BCUT2D eigenvalue weighted by molar-refractivity contribution is 7.16. The van der Waals surface area contributed by atoms with Crippen LogP contribution in [0.15, 0.2) is 18.2 Å². The number of aliphatic carboxylic acids is 1. The highest BCUT2D eigenvalue weighted by atomic mass is 32.1. The number of esters is 1. The number of thiophene rings is 1. The van der Waals surface area contributed by atoms with Gasteiger partial charge in [-0.05, 0) is 37.7 Å². The third-order valence-corrected chi connectivity index (χ3v) is 5.79. The first-order valence-electron chi connectivity index (χ1n) is 7.81. The van der Waals surface area contributed by atoms with E-state index in [-0.39, 0.29) is 23.3 Å². The van der Waals surface area contributed by atoms with Crippen LogP contribution in [0.2, 0.25) is 0 Å². The van der Waals surface area contributed by atoms with Crippen molar-refractivity contribution in [2.75, 3.05) is 12.4 Å². The van der Waals surface area contributed by atoms with E-state index in [1.54, 1.807) is 6.07 Å². The zero-order valence-corrected chi connectivity index (χ0v) is 14.2. The SMILES string of the molecule is COC(=O)c1cc(C)sc1NC(=O)[C@@H]1[C@@H](C(=O)[O-])[C@H]2C=C[C@@H]1CC2. The molecule has 7 heteroatoms. The van der Waals surface area contributed by atoms with E-state index in [9.17, 15) is 19.5 Å². The molecule has 3 aliphatic carbocycles. The second-order valence-electron chi connectivity index (χ2n) is 6.24. The average Bonchev–Trinajstić information content (AvgIpc) is 2.94. The maximum absolute atomic E-state index is 12.8. The van der Waals surface area contributed by atoms with Crippen LogP contribution in [0.1, 0.15) is 28.1 Å². The molecule has 128 valence electrons. The second-order valence-corrected chi connectivity index (χ2v) is 7.50. The molecule has 1 fully saturated rings. The van der Waals surface area contributed by atoms with Crippen LogP contribution >= 0.6 is 11.3 Å². The van der Waals surface area contributed by atoms with Gasteiger partial charge in [0.05, 0.1) is 18.6 Å². The first-order valence-corrected chi connectivity index (χ1v) is 8.62. The maximum Gasteiger partial charge on any atom is 0.340 e. The van der Waals surface area contributed by atoms with Crippen molar-refractivity contribution in [1.29, 1.82) is 0 Å². The minimum atomic E-state index is -1.19. The Morgan fingerprint density at radius 2 is 1.83 bits per heavy atom. The van der Waals surface area contributed by atoms with Gasteiger partial charge >= 0.3 is 5.97 Å². The first-order chi connectivity index (χ1) is 11.4. The number of nitrogens with one attached hydrogen (secondary N) is 1. The third-order valence-electron chi connectivity index (χ3n) is 4.82. The molecule has 0 aromatic carbocycles.